The molecule has 0 amide bonds. The van der Waals surface area contributed by atoms with E-state index in [1.807, 2.05) is 12.1 Å². The van der Waals surface area contributed by atoms with Gasteiger partial charge in [-0.15, -0.1) is 0 Å². The fourth-order valence-electron chi connectivity index (χ4n) is 5.08. The van der Waals surface area contributed by atoms with Crippen molar-refractivity contribution in [3.63, 3.8) is 0 Å². The van der Waals surface area contributed by atoms with Crippen LogP contribution in [0.15, 0.2) is 36.4 Å². The van der Waals surface area contributed by atoms with E-state index >= 15 is 4.39 Å². The summed E-state index contributed by atoms with van der Waals surface area (Å²) >= 11 is 6.02. The van der Waals surface area contributed by atoms with Crippen LogP contribution in [0, 0.1) is 23.5 Å². The molecule has 1 N–H and O–H groups in total. The molecule has 0 unspecified atom stereocenters. The number of aliphatic hydroxyl groups excluding tert-OH is 1. The molecule has 4 rings (SSSR count). The number of ether oxygens (including phenoxy) is 2. The Balaban J connectivity index is 1.87. The van der Waals surface area contributed by atoms with Crippen LogP contribution in [-0.4, -0.2) is 31.5 Å². The molecule has 3 nitrogen and oxygen atoms in total. The molecule has 2 aliphatic rings. The predicted octanol–water partition coefficient (Wildman–Crippen LogP) is 4.52. The third kappa shape index (κ3) is 3.19. The fourth-order valence-corrected chi connectivity index (χ4v) is 5.21. The summed E-state index contributed by atoms with van der Waals surface area (Å²) in [5, 5.41) is 11.2. The molecule has 1 aliphatic carbocycles. The molecule has 1 heterocycles. The topological polar surface area (TPSA) is 38.7 Å². The maximum atomic E-state index is 15.1. The quantitative estimate of drug-likeness (QED) is 0.808. The number of fused-ring (bicyclic) bond motifs is 3. The number of benzene rings is 2. The van der Waals surface area contributed by atoms with E-state index in [4.69, 9.17) is 21.1 Å². The lowest BCUT2D eigenvalue weighted by molar-refractivity contribution is -0.0727. The van der Waals surface area contributed by atoms with E-state index in [0.29, 0.717) is 30.9 Å². The summed E-state index contributed by atoms with van der Waals surface area (Å²) in [6.45, 7) is 0.551. The summed E-state index contributed by atoms with van der Waals surface area (Å²) in [4.78, 5) is 0. The Hall–Kier alpha value is -1.69. The highest BCUT2D eigenvalue weighted by molar-refractivity contribution is 6.30. The van der Waals surface area contributed by atoms with Crippen molar-refractivity contribution in [1.82, 2.24) is 0 Å². The molecule has 6 heteroatoms. The minimum absolute atomic E-state index is 0.00206. The highest BCUT2D eigenvalue weighted by Gasteiger charge is 2.55. The molecule has 28 heavy (non-hydrogen) atoms. The van der Waals surface area contributed by atoms with Crippen LogP contribution in [0.2, 0.25) is 5.02 Å². The molecule has 150 valence electrons. The molecule has 0 radical (unpaired) electrons. The molecule has 0 saturated heterocycles. The van der Waals surface area contributed by atoms with E-state index in [-0.39, 0.29) is 29.8 Å². The van der Waals surface area contributed by atoms with Gasteiger partial charge >= 0.3 is 0 Å². The van der Waals surface area contributed by atoms with Crippen LogP contribution < -0.4 is 4.74 Å². The summed E-state index contributed by atoms with van der Waals surface area (Å²) in [6.07, 6.45) is 0.981. The Morgan fingerprint density at radius 3 is 2.61 bits per heavy atom. The number of hydrogen-bond acceptors (Lipinski definition) is 3. The van der Waals surface area contributed by atoms with Crippen LogP contribution in [0.25, 0.3) is 0 Å². The monoisotopic (exact) mass is 408 g/mol. The van der Waals surface area contributed by atoms with Crippen LogP contribution in [0.1, 0.15) is 24.0 Å². The van der Waals surface area contributed by atoms with Crippen molar-refractivity contribution >= 4 is 11.6 Å². The van der Waals surface area contributed by atoms with E-state index < -0.39 is 23.2 Å². The zero-order valence-corrected chi connectivity index (χ0v) is 16.4. The van der Waals surface area contributed by atoms with Crippen molar-refractivity contribution in [3.8, 4) is 5.75 Å². The van der Waals surface area contributed by atoms with E-state index in [1.165, 1.54) is 6.07 Å². The van der Waals surface area contributed by atoms with Gasteiger partial charge < -0.3 is 14.6 Å². The normalized spacial score (nSPS) is 29.0. The molecule has 2 aromatic carbocycles. The average Bonchev–Trinajstić information content (AvgIpc) is 2.69. The van der Waals surface area contributed by atoms with Crippen LogP contribution >= 0.6 is 11.6 Å². The lowest BCUT2D eigenvalue weighted by Gasteiger charge is -2.53. The van der Waals surface area contributed by atoms with Crippen LogP contribution in [-0.2, 0) is 16.6 Å². The number of aliphatic hydroxyl groups is 1. The van der Waals surface area contributed by atoms with Gasteiger partial charge in [-0.25, -0.2) is 8.78 Å². The summed E-state index contributed by atoms with van der Waals surface area (Å²) in [5.41, 5.74) is 0.584. The summed E-state index contributed by atoms with van der Waals surface area (Å²) in [5.74, 6) is -1.45. The molecule has 0 aromatic heterocycles. The first-order chi connectivity index (χ1) is 13.5. The number of rotatable bonds is 4. The largest absolute Gasteiger partial charge is 0.490 e. The van der Waals surface area contributed by atoms with Crippen molar-refractivity contribution in [2.45, 2.75) is 30.8 Å². The van der Waals surface area contributed by atoms with Crippen molar-refractivity contribution < 1.29 is 23.4 Å². The maximum absolute atomic E-state index is 15.1. The highest BCUT2D eigenvalue weighted by Crippen LogP contribution is 2.55. The standard InChI is InChI=1S/C22H23ClF2O3/c1-27-11-15-16-12-28-21-18(25)7-6-17(24)20(21)22(16,9-8-19(15)26)10-13-2-4-14(23)5-3-13/h2-7,15-16,19,26H,8-12H2,1H3/t15-,16-,19+,22-/m0/s1. The van der Waals surface area contributed by atoms with Gasteiger partial charge in [0.2, 0.25) is 0 Å². The summed E-state index contributed by atoms with van der Waals surface area (Å²) in [6, 6.07) is 9.70. The first kappa shape index (κ1) is 19.6. The molecule has 2 aromatic rings. The molecule has 1 saturated carbocycles. The second-order valence-electron chi connectivity index (χ2n) is 7.84. The fraction of sp³-hybridized carbons (Fsp3) is 0.455. The molecular weight excluding hydrogens is 386 g/mol. The van der Waals surface area contributed by atoms with Gasteiger partial charge in [0.05, 0.1) is 19.3 Å². The average molecular weight is 409 g/mol. The predicted molar refractivity (Wildman–Crippen MR) is 103 cm³/mol. The Kier molecular flexibility index (Phi) is 5.34. The number of methoxy groups -OCH3 is 1. The molecule has 1 fully saturated rings. The van der Waals surface area contributed by atoms with Crippen molar-refractivity contribution in [1.29, 1.82) is 0 Å². The van der Waals surface area contributed by atoms with Crippen molar-refractivity contribution in [2.24, 2.45) is 11.8 Å². The molecule has 4 atom stereocenters. The van der Waals surface area contributed by atoms with E-state index in [2.05, 4.69) is 0 Å². The number of halogens is 3. The Labute approximate surface area is 168 Å². The van der Waals surface area contributed by atoms with Gasteiger partial charge in [0, 0.05) is 34.9 Å². The number of hydrogen-bond donors (Lipinski definition) is 1. The maximum Gasteiger partial charge on any atom is 0.165 e. The van der Waals surface area contributed by atoms with Gasteiger partial charge in [0.25, 0.3) is 0 Å². The van der Waals surface area contributed by atoms with Crippen molar-refractivity contribution in [2.75, 3.05) is 20.3 Å². The second-order valence-corrected chi connectivity index (χ2v) is 8.27. The highest BCUT2D eigenvalue weighted by atomic mass is 35.5. The van der Waals surface area contributed by atoms with Gasteiger partial charge in [-0.05, 0) is 49.1 Å². The molecular formula is C22H23ClF2O3. The first-order valence-corrected chi connectivity index (χ1v) is 9.87. The van der Waals surface area contributed by atoms with E-state index in [9.17, 15) is 9.50 Å². The van der Waals surface area contributed by atoms with Crippen LogP contribution in [0.5, 0.6) is 5.75 Å². The van der Waals surface area contributed by atoms with E-state index in [0.717, 1.165) is 11.6 Å². The Morgan fingerprint density at radius 1 is 1.18 bits per heavy atom. The van der Waals surface area contributed by atoms with Gasteiger partial charge in [0.15, 0.2) is 11.6 Å². The zero-order valence-electron chi connectivity index (χ0n) is 15.6. The molecule has 0 bridgehead atoms. The third-order valence-electron chi connectivity index (χ3n) is 6.36. The third-order valence-corrected chi connectivity index (χ3v) is 6.61. The smallest absolute Gasteiger partial charge is 0.165 e. The Morgan fingerprint density at radius 2 is 1.89 bits per heavy atom. The molecule has 1 aliphatic heterocycles. The lowest BCUT2D eigenvalue weighted by Crippen LogP contribution is -2.55. The SMILES string of the molecule is COC[C@@H]1[C@H](O)CC[C@@]2(Cc3ccc(Cl)cc3)c3c(F)ccc(F)c3OC[C@@H]12. The van der Waals surface area contributed by atoms with Gasteiger partial charge in [-0.2, -0.15) is 0 Å². The van der Waals surface area contributed by atoms with Crippen molar-refractivity contribution in [3.05, 3.63) is 64.2 Å². The van der Waals surface area contributed by atoms with Gasteiger partial charge in [-0.3, -0.25) is 0 Å². The van der Waals surface area contributed by atoms with E-state index in [1.54, 1.807) is 19.2 Å². The minimum atomic E-state index is -0.685. The molecule has 0 spiro atoms. The first-order valence-electron chi connectivity index (χ1n) is 9.49. The van der Waals surface area contributed by atoms with Gasteiger partial charge in [0.1, 0.15) is 5.82 Å². The van der Waals surface area contributed by atoms with Crippen LogP contribution in [0.4, 0.5) is 8.78 Å². The minimum Gasteiger partial charge on any atom is -0.490 e. The Bertz CT molecular complexity index is 858. The second kappa shape index (κ2) is 7.62. The van der Waals surface area contributed by atoms with Gasteiger partial charge in [-0.1, -0.05) is 23.7 Å². The zero-order chi connectivity index (χ0) is 19.9. The lowest BCUT2D eigenvalue weighted by atomic mass is 9.55. The summed E-state index contributed by atoms with van der Waals surface area (Å²) in [7, 11) is 1.58. The van der Waals surface area contributed by atoms with Crippen LogP contribution in [0.3, 0.4) is 0 Å². The summed E-state index contributed by atoms with van der Waals surface area (Å²) < 4.78 is 40.7.